The number of rotatable bonds is 4. The molecule has 80 valence electrons. The molecule has 1 aromatic rings. The van der Waals surface area contributed by atoms with Gasteiger partial charge in [0, 0.05) is 6.61 Å². The SMILES string of the molecule is CCOC1(c2ccccc2)CC1C(=O)O. The summed E-state index contributed by atoms with van der Waals surface area (Å²) in [5, 5.41) is 9.00. The Bertz CT molecular complexity index is 360. The summed E-state index contributed by atoms with van der Waals surface area (Å²) in [4.78, 5) is 10.9. The molecule has 1 fully saturated rings. The highest BCUT2D eigenvalue weighted by Gasteiger charge is 2.61. The van der Waals surface area contributed by atoms with E-state index >= 15 is 0 Å². The Kier molecular flexibility index (Phi) is 2.49. The lowest BCUT2D eigenvalue weighted by molar-refractivity contribution is -0.141. The van der Waals surface area contributed by atoms with Crippen molar-refractivity contribution in [3.05, 3.63) is 35.9 Å². The van der Waals surface area contributed by atoms with E-state index in [-0.39, 0.29) is 5.92 Å². The normalized spacial score (nSPS) is 28.7. The lowest BCUT2D eigenvalue weighted by atomic mass is 10.1. The first-order chi connectivity index (χ1) is 7.20. The van der Waals surface area contributed by atoms with E-state index in [1.54, 1.807) is 0 Å². The third-order valence-corrected chi connectivity index (χ3v) is 2.87. The van der Waals surface area contributed by atoms with Crippen molar-refractivity contribution in [2.24, 2.45) is 5.92 Å². The number of hydrogen-bond acceptors (Lipinski definition) is 2. The molecule has 1 aliphatic rings. The van der Waals surface area contributed by atoms with Crippen molar-refractivity contribution in [1.29, 1.82) is 0 Å². The summed E-state index contributed by atoms with van der Waals surface area (Å²) in [6, 6.07) is 9.60. The third-order valence-electron chi connectivity index (χ3n) is 2.87. The Hall–Kier alpha value is -1.35. The molecule has 1 aliphatic carbocycles. The van der Waals surface area contributed by atoms with Gasteiger partial charge in [-0.15, -0.1) is 0 Å². The average molecular weight is 206 g/mol. The molecule has 0 bridgehead atoms. The van der Waals surface area contributed by atoms with Gasteiger partial charge in [-0.1, -0.05) is 30.3 Å². The maximum Gasteiger partial charge on any atom is 0.309 e. The summed E-state index contributed by atoms with van der Waals surface area (Å²) in [5.74, 6) is -1.16. The minimum absolute atomic E-state index is 0.389. The summed E-state index contributed by atoms with van der Waals surface area (Å²) >= 11 is 0. The quantitative estimate of drug-likeness (QED) is 0.819. The number of aliphatic carboxylic acids is 1. The van der Waals surface area contributed by atoms with Crippen LogP contribution in [0.2, 0.25) is 0 Å². The van der Waals surface area contributed by atoms with Gasteiger partial charge in [0.2, 0.25) is 0 Å². The molecule has 2 atom stereocenters. The Balaban J connectivity index is 2.27. The number of carboxylic acids is 1. The molecule has 0 heterocycles. The Morgan fingerprint density at radius 1 is 1.53 bits per heavy atom. The smallest absolute Gasteiger partial charge is 0.309 e. The maximum atomic E-state index is 10.9. The van der Waals surface area contributed by atoms with Gasteiger partial charge < -0.3 is 9.84 Å². The minimum atomic E-state index is -0.771. The van der Waals surface area contributed by atoms with Gasteiger partial charge in [-0.05, 0) is 18.9 Å². The molecule has 0 spiro atoms. The monoisotopic (exact) mass is 206 g/mol. The van der Waals surface area contributed by atoms with E-state index < -0.39 is 11.6 Å². The highest BCUT2D eigenvalue weighted by molar-refractivity contribution is 5.76. The predicted molar refractivity (Wildman–Crippen MR) is 55.5 cm³/mol. The highest BCUT2D eigenvalue weighted by atomic mass is 16.5. The standard InChI is InChI=1S/C12H14O3/c1-2-15-12(8-10(12)11(13)14)9-6-4-3-5-7-9/h3-7,10H,2,8H2,1H3,(H,13,14). The van der Waals surface area contributed by atoms with Crippen molar-refractivity contribution < 1.29 is 14.6 Å². The van der Waals surface area contributed by atoms with E-state index in [0.29, 0.717) is 13.0 Å². The Morgan fingerprint density at radius 3 is 2.67 bits per heavy atom. The van der Waals surface area contributed by atoms with Crippen molar-refractivity contribution in [1.82, 2.24) is 0 Å². The third kappa shape index (κ3) is 1.63. The van der Waals surface area contributed by atoms with Crippen LogP contribution in [0.1, 0.15) is 18.9 Å². The lowest BCUT2D eigenvalue weighted by Gasteiger charge is -2.16. The molecule has 3 nitrogen and oxygen atoms in total. The average Bonchev–Trinajstić information content (AvgIpc) is 2.96. The molecular weight excluding hydrogens is 192 g/mol. The molecular formula is C12H14O3. The molecule has 3 heteroatoms. The fourth-order valence-corrected chi connectivity index (χ4v) is 2.07. The minimum Gasteiger partial charge on any atom is -0.481 e. The van der Waals surface area contributed by atoms with E-state index in [9.17, 15) is 4.79 Å². The van der Waals surface area contributed by atoms with Crippen LogP contribution in [0.5, 0.6) is 0 Å². The number of ether oxygens (including phenoxy) is 1. The maximum absolute atomic E-state index is 10.9. The van der Waals surface area contributed by atoms with Crippen molar-refractivity contribution in [2.75, 3.05) is 6.61 Å². The summed E-state index contributed by atoms with van der Waals surface area (Å²) in [6.45, 7) is 2.43. The van der Waals surface area contributed by atoms with Crippen molar-refractivity contribution >= 4 is 5.97 Å². The van der Waals surface area contributed by atoms with E-state index in [1.807, 2.05) is 37.3 Å². The van der Waals surface area contributed by atoms with E-state index in [1.165, 1.54) is 0 Å². The molecule has 0 aromatic heterocycles. The first-order valence-electron chi connectivity index (χ1n) is 5.13. The van der Waals surface area contributed by atoms with Crippen LogP contribution >= 0.6 is 0 Å². The van der Waals surface area contributed by atoms with Crippen LogP contribution < -0.4 is 0 Å². The summed E-state index contributed by atoms with van der Waals surface area (Å²) in [7, 11) is 0. The van der Waals surface area contributed by atoms with Gasteiger partial charge in [-0.3, -0.25) is 4.79 Å². The van der Waals surface area contributed by atoms with Crippen LogP contribution in [0, 0.1) is 5.92 Å². The van der Waals surface area contributed by atoms with Gasteiger partial charge in [-0.25, -0.2) is 0 Å². The summed E-state index contributed by atoms with van der Waals surface area (Å²) in [6.07, 6.45) is 0.584. The van der Waals surface area contributed by atoms with Gasteiger partial charge in [0.1, 0.15) is 5.60 Å². The number of benzene rings is 1. The van der Waals surface area contributed by atoms with Crippen LogP contribution in [0.25, 0.3) is 0 Å². The molecule has 0 saturated heterocycles. The van der Waals surface area contributed by atoms with Crippen molar-refractivity contribution in [3.63, 3.8) is 0 Å². The molecule has 1 aromatic carbocycles. The van der Waals surface area contributed by atoms with Crippen LogP contribution in [0.3, 0.4) is 0 Å². The summed E-state index contributed by atoms with van der Waals surface area (Å²) in [5.41, 5.74) is 0.404. The second kappa shape index (κ2) is 3.66. The Morgan fingerprint density at radius 2 is 2.20 bits per heavy atom. The predicted octanol–water partition coefficient (Wildman–Crippen LogP) is 2.02. The van der Waals surface area contributed by atoms with Gasteiger partial charge in [0.25, 0.3) is 0 Å². The van der Waals surface area contributed by atoms with Gasteiger partial charge in [0.15, 0.2) is 0 Å². The van der Waals surface area contributed by atoms with Gasteiger partial charge in [0.05, 0.1) is 5.92 Å². The van der Waals surface area contributed by atoms with Gasteiger partial charge >= 0.3 is 5.97 Å². The van der Waals surface area contributed by atoms with Crippen LogP contribution in [-0.4, -0.2) is 17.7 Å². The van der Waals surface area contributed by atoms with E-state index in [4.69, 9.17) is 9.84 Å². The second-order valence-electron chi connectivity index (χ2n) is 3.78. The zero-order chi connectivity index (χ0) is 10.9. The summed E-state index contributed by atoms with van der Waals surface area (Å²) < 4.78 is 5.62. The van der Waals surface area contributed by atoms with Crippen molar-refractivity contribution in [2.45, 2.75) is 18.9 Å². The molecule has 2 rings (SSSR count). The van der Waals surface area contributed by atoms with E-state index in [0.717, 1.165) is 5.56 Å². The topological polar surface area (TPSA) is 46.5 Å². The van der Waals surface area contributed by atoms with Gasteiger partial charge in [-0.2, -0.15) is 0 Å². The first-order valence-corrected chi connectivity index (χ1v) is 5.13. The lowest BCUT2D eigenvalue weighted by Crippen LogP contribution is -2.18. The largest absolute Gasteiger partial charge is 0.481 e. The molecule has 1 saturated carbocycles. The molecule has 1 N–H and O–H groups in total. The molecule has 2 unspecified atom stereocenters. The zero-order valence-electron chi connectivity index (χ0n) is 8.64. The molecule has 0 radical (unpaired) electrons. The zero-order valence-corrected chi connectivity index (χ0v) is 8.64. The van der Waals surface area contributed by atoms with Crippen LogP contribution in [0.4, 0.5) is 0 Å². The molecule has 15 heavy (non-hydrogen) atoms. The first kappa shape index (κ1) is 10.2. The number of hydrogen-bond donors (Lipinski definition) is 1. The molecule has 0 aliphatic heterocycles. The fourth-order valence-electron chi connectivity index (χ4n) is 2.07. The van der Waals surface area contributed by atoms with Crippen LogP contribution in [0.15, 0.2) is 30.3 Å². The number of carbonyl (C=O) groups is 1. The molecule has 0 amide bonds. The second-order valence-corrected chi connectivity index (χ2v) is 3.78. The highest BCUT2D eigenvalue weighted by Crippen LogP contribution is 2.55. The number of carboxylic acid groups (broad SMARTS) is 1. The fraction of sp³-hybridized carbons (Fsp3) is 0.417. The van der Waals surface area contributed by atoms with Crippen LogP contribution in [-0.2, 0) is 15.1 Å². The Labute approximate surface area is 88.7 Å². The van der Waals surface area contributed by atoms with Crippen molar-refractivity contribution in [3.8, 4) is 0 Å². The van der Waals surface area contributed by atoms with E-state index in [2.05, 4.69) is 0 Å².